The van der Waals surface area contributed by atoms with Gasteiger partial charge in [0.05, 0.1) is 18.2 Å². The maximum atomic E-state index is 14.0. The summed E-state index contributed by atoms with van der Waals surface area (Å²) >= 11 is 0. The average molecular weight is 881 g/mol. The fourth-order valence-electron chi connectivity index (χ4n) is 11.9. The summed E-state index contributed by atoms with van der Waals surface area (Å²) in [4.78, 5) is 64.4. The number of allylic oxidation sites excluding steroid dienone is 4. The fraction of sp³-hybridized carbons (Fsp3) is 0.588. The van der Waals surface area contributed by atoms with Gasteiger partial charge >= 0.3 is 0 Å². The molecule has 7 rings (SSSR count). The van der Waals surface area contributed by atoms with Crippen LogP contribution in [0.25, 0.3) is 0 Å². The van der Waals surface area contributed by atoms with Crippen molar-refractivity contribution in [1.29, 1.82) is 0 Å². The Morgan fingerprint density at radius 1 is 0.969 bits per heavy atom. The molecule has 2 aromatic rings. The van der Waals surface area contributed by atoms with Crippen LogP contribution in [0.15, 0.2) is 72.3 Å². The molecule has 6 N–H and O–H groups in total. The van der Waals surface area contributed by atoms with E-state index in [9.17, 15) is 34.2 Å². The summed E-state index contributed by atoms with van der Waals surface area (Å²) in [6.07, 6.45) is 9.85. The number of ether oxygens (including phenoxy) is 2. The van der Waals surface area contributed by atoms with Crippen LogP contribution in [0, 0.1) is 34.5 Å². The van der Waals surface area contributed by atoms with Crippen LogP contribution in [0.2, 0.25) is 0 Å². The Balaban J connectivity index is 0.921. The largest absolute Gasteiger partial charge is 0.393 e. The first kappa shape index (κ1) is 47.4. The van der Waals surface area contributed by atoms with Crippen LogP contribution in [0.5, 0.6) is 0 Å². The van der Waals surface area contributed by atoms with Crippen LogP contribution in [0.1, 0.15) is 116 Å². The molecule has 346 valence electrons. The van der Waals surface area contributed by atoms with E-state index in [-0.39, 0.29) is 41.3 Å². The number of aliphatic hydroxyl groups is 2. The first-order chi connectivity index (χ1) is 30.5. The van der Waals surface area contributed by atoms with E-state index in [1.54, 1.807) is 32.1 Å². The highest BCUT2D eigenvalue weighted by molar-refractivity contribution is 6.01. The summed E-state index contributed by atoms with van der Waals surface area (Å²) in [6.45, 7) is 11.8. The minimum Gasteiger partial charge on any atom is -0.393 e. The van der Waals surface area contributed by atoms with Gasteiger partial charge in [-0.3, -0.25) is 24.0 Å². The van der Waals surface area contributed by atoms with Gasteiger partial charge in [-0.1, -0.05) is 95.0 Å². The summed E-state index contributed by atoms with van der Waals surface area (Å²) < 4.78 is 13.4. The van der Waals surface area contributed by atoms with Gasteiger partial charge < -0.3 is 41.0 Å². The van der Waals surface area contributed by atoms with Gasteiger partial charge in [0.1, 0.15) is 12.6 Å². The van der Waals surface area contributed by atoms with Crippen molar-refractivity contribution >= 4 is 35.0 Å². The number of anilines is 1. The van der Waals surface area contributed by atoms with Crippen molar-refractivity contribution in [2.75, 3.05) is 25.0 Å². The molecule has 1 saturated heterocycles. The number of nitrogens with one attached hydrogen (secondary N) is 4. The topological polar surface area (TPSA) is 192 Å². The smallest absolute Gasteiger partial charge is 0.246 e. The van der Waals surface area contributed by atoms with Gasteiger partial charge in [-0.15, -0.1) is 0 Å². The van der Waals surface area contributed by atoms with Gasteiger partial charge in [0, 0.05) is 47.5 Å². The first-order valence-corrected chi connectivity index (χ1v) is 23.4. The summed E-state index contributed by atoms with van der Waals surface area (Å²) in [5, 5.41) is 34.0. The zero-order valence-corrected chi connectivity index (χ0v) is 38.3. The minimum atomic E-state index is -1.43. The van der Waals surface area contributed by atoms with E-state index >= 15 is 0 Å². The molecule has 3 unspecified atom stereocenters. The molecule has 1 aliphatic heterocycles. The predicted molar refractivity (Wildman–Crippen MR) is 243 cm³/mol. The van der Waals surface area contributed by atoms with Crippen LogP contribution in [-0.4, -0.2) is 89.1 Å². The Bertz CT molecular complexity index is 2140. The molecule has 13 heteroatoms. The van der Waals surface area contributed by atoms with E-state index in [4.69, 9.17) is 9.47 Å². The first-order valence-electron chi connectivity index (χ1n) is 23.4. The molecule has 12 atom stereocenters. The average Bonchev–Trinajstić information content (AvgIpc) is 3.77. The zero-order chi connectivity index (χ0) is 46.0. The second-order valence-electron chi connectivity index (χ2n) is 19.7. The van der Waals surface area contributed by atoms with E-state index in [1.165, 1.54) is 0 Å². The van der Waals surface area contributed by atoms with Crippen molar-refractivity contribution < 1.29 is 43.7 Å². The van der Waals surface area contributed by atoms with E-state index in [0.717, 1.165) is 54.4 Å². The highest BCUT2D eigenvalue weighted by atomic mass is 16.7. The van der Waals surface area contributed by atoms with Crippen molar-refractivity contribution in [3.63, 3.8) is 0 Å². The lowest BCUT2D eigenvalue weighted by Gasteiger charge is -2.59. The van der Waals surface area contributed by atoms with Gasteiger partial charge in [0.2, 0.25) is 17.7 Å². The molecule has 13 nitrogen and oxygen atoms in total. The highest BCUT2D eigenvalue weighted by Crippen LogP contribution is 2.70. The van der Waals surface area contributed by atoms with Gasteiger partial charge in [-0.05, 0) is 99.1 Å². The van der Waals surface area contributed by atoms with Gasteiger partial charge in [-0.25, -0.2) is 0 Å². The molecule has 1 heterocycles. The highest BCUT2D eigenvalue weighted by Gasteiger charge is 2.75. The number of carbonyl (C=O) groups excluding carboxylic acids is 5. The molecule has 0 bridgehead atoms. The van der Waals surface area contributed by atoms with E-state index < -0.39 is 59.4 Å². The molecular weight excluding hydrogens is 813 g/mol. The van der Waals surface area contributed by atoms with Crippen molar-refractivity contribution in [1.82, 2.24) is 16.0 Å². The molecule has 0 spiro atoms. The Morgan fingerprint density at radius 3 is 2.47 bits per heavy atom. The van der Waals surface area contributed by atoms with E-state index in [0.29, 0.717) is 50.4 Å². The number of fused-ring (bicyclic) bond motifs is 7. The molecule has 0 radical (unpaired) electrons. The lowest BCUT2D eigenvalue weighted by atomic mass is 9.46. The number of unbranched alkanes of at least 4 members (excludes halogenated alkanes) is 1. The van der Waals surface area contributed by atoms with Crippen LogP contribution in [0.4, 0.5) is 5.69 Å². The number of hydrogen-bond acceptors (Lipinski definition) is 10. The predicted octanol–water partition coefficient (Wildman–Crippen LogP) is 5.63. The number of ketones is 2. The molecule has 4 fully saturated rings. The van der Waals surface area contributed by atoms with Gasteiger partial charge in [0.25, 0.3) is 0 Å². The molecule has 3 saturated carbocycles. The third-order valence-corrected chi connectivity index (χ3v) is 15.3. The SMILES string of the molecule is CCCCC(C)CC(=O)NCCN[C@@H](C)C(=O)N[C@@H](C)C(=O)Nc1cccc(Cc2ccc([C@@H]3O[C@@H]4CC5[C@@H]6CCC7=CC(=O)C=C[C@]7(C)C6[C@@H](O)C[C@]5(C)[C@]4(C(=O)CO)O3)cc2)c1. The van der Waals surface area contributed by atoms with Crippen molar-refractivity contribution in [3.8, 4) is 0 Å². The summed E-state index contributed by atoms with van der Waals surface area (Å²) in [7, 11) is 0. The summed E-state index contributed by atoms with van der Waals surface area (Å²) in [5.74, 6) is -0.808. The van der Waals surface area contributed by atoms with Crippen LogP contribution in [-0.2, 0) is 39.9 Å². The minimum absolute atomic E-state index is 0.00711. The second-order valence-corrected chi connectivity index (χ2v) is 19.7. The Kier molecular flexibility index (Phi) is 14.5. The number of amides is 3. The van der Waals surface area contributed by atoms with Gasteiger partial charge in [0.15, 0.2) is 23.5 Å². The summed E-state index contributed by atoms with van der Waals surface area (Å²) in [6, 6.07) is 14.0. The fourth-order valence-corrected chi connectivity index (χ4v) is 11.9. The molecule has 64 heavy (non-hydrogen) atoms. The van der Waals surface area contributed by atoms with Crippen LogP contribution < -0.4 is 21.3 Å². The molecule has 5 aliphatic rings. The number of benzene rings is 2. The van der Waals surface area contributed by atoms with Crippen molar-refractivity contribution in [2.24, 2.45) is 34.5 Å². The molecule has 2 aromatic carbocycles. The van der Waals surface area contributed by atoms with Crippen LogP contribution in [0.3, 0.4) is 0 Å². The number of aliphatic hydroxyl groups excluding tert-OH is 2. The number of Topliss-reactive ketones (excluding diaryl/α,β-unsaturated/α-hetero) is 1. The van der Waals surface area contributed by atoms with E-state index in [1.807, 2.05) is 55.5 Å². The number of carbonyl (C=O) groups is 5. The number of hydrogen-bond donors (Lipinski definition) is 6. The Labute approximate surface area is 377 Å². The normalized spacial score (nSPS) is 31.6. The molecule has 4 aliphatic carbocycles. The Morgan fingerprint density at radius 2 is 1.73 bits per heavy atom. The van der Waals surface area contributed by atoms with Crippen molar-refractivity contribution in [3.05, 3.63) is 89.0 Å². The van der Waals surface area contributed by atoms with E-state index in [2.05, 4.69) is 42.0 Å². The monoisotopic (exact) mass is 880 g/mol. The van der Waals surface area contributed by atoms with Crippen molar-refractivity contribution in [2.45, 2.75) is 136 Å². The lowest BCUT2D eigenvalue weighted by Crippen LogP contribution is -2.63. The third-order valence-electron chi connectivity index (χ3n) is 15.3. The quantitative estimate of drug-likeness (QED) is 0.102. The summed E-state index contributed by atoms with van der Waals surface area (Å²) in [5.41, 5.74) is 1.69. The molecule has 3 amide bonds. The maximum absolute atomic E-state index is 14.0. The lowest BCUT2D eigenvalue weighted by molar-refractivity contribution is -0.201. The van der Waals surface area contributed by atoms with Crippen LogP contribution >= 0.6 is 0 Å². The maximum Gasteiger partial charge on any atom is 0.246 e. The molecule has 0 aromatic heterocycles. The Hall–Kier alpha value is -4.53. The second kappa shape index (κ2) is 19.5. The van der Waals surface area contributed by atoms with Gasteiger partial charge in [-0.2, -0.15) is 0 Å². The molecular formula is C51H68N4O9. The standard InChI is InChI=1S/C51H68N4O9/c1-7-8-10-30(2)23-44(60)53-22-21-52-31(3)46(61)54-32(4)47(62)55-37-12-9-11-34(25-37)24-33-13-15-35(16-14-33)48-63-43-27-40-39-18-17-36-26-38(57)19-20-49(36,5)45(39)41(58)28-50(40,6)51(43,64-48)42(59)29-56/h9,11-16,19-20,25-26,30-32,39-41,43,45,48,52,56,58H,7-8,10,17-18,21-24,27-29H2,1-6H3,(H,53,60)(H,54,61)(H,55,62)/t30?,31-,32-,39-,40?,41-,43+,45?,48+,49-,50-,51+/m0/s1. The zero-order valence-electron chi connectivity index (χ0n) is 38.3. The third kappa shape index (κ3) is 9.29. The number of rotatable bonds is 18.